The highest BCUT2D eigenvalue weighted by Gasteiger charge is 2.47. The molecule has 19 heavy (non-hydrogen) atoms. The maximum atomic E-state index is 4.05. The van der Waals surface area contributed by atoms with Crippen LogP contribution in [0.25, 0.3) is 0 Å². The lowest BCUT2D eigenvalue weighted by Crippen LogP contribution is -2.28. The Labute approximate surface area is 119 Å². The van der Waals surface area contributed by atoms with E-state index in [1.165, 1.54) is 51.4 Å². The standard InChI is InChI=1S/C19H30/c1-4-7-8-9-12-19(14-16(5-2)6-3)15-17-10-11-18(19)13-17/h4-5,10-11,16-18H,1-2,6-9,12-15H2,3H3. The molecular weight excluding hydrogens is 228 g/mol. The summed E-state index contributed by atoms with van der Waals surface area (Å²) in [6, 6.07) is 0. The molecule has 0 N–H and O–H groups in total. The van der Waals surface area contributed by atoms with Gasteiger partial charge in [0.05, 0.1) is 0 Å². The first-order valence-corrected chi connectivity index (χ1v) is 8.16. The molecule has 1 fully saturated rings. The zero-order valence-corrected chi connectivity index (χ0v) is 12.6. The molecule has 0 radical (unpaired) electrons. The van der Waals surface area contributed by atoms with Gasteiger partial charge in [-0.15, -0.1) is 13.2 Å². The average Bonchev–Trinajstić information content (AvgIpc) is 3.02. The van der Waals surface area contributed by atoms with Gasteiger partial charge in [0.25, 0.3) is 0 Å². The molecule has 1 saturated carbocycles. The summed E-state index contributed by atoms with van der Waals surface area (Å²) in [6.45, 7) is 10.2. The molecule has 2 aliphatic carbocycles. The Morgan fingerprint density at radius 2 is 2.16 bits per heavy atom. The molecule has 0 aliphatic heterocycles. The van der Waals surface area contributed by atoms with Gasteiger partial charge in [0, 0.05) is 0 Å². The molecule has 0 spiro atoms. The van der Waals surface area contributed by atoms with Gasteiger partial charge in [-0.25, -0.2) is 0 Å². The van der Waals surface area contributed by atoms with Crippen LogP contribution in [-0.4, -0.2) is 0 Å². The number of unbranched alkanes of at least 4 members (excludes halogenated alkanes) is 2. The van der Waals surface area contributed by atoms with Gasteiger partial charge in [-0.1, -0.05) is 37.6 Å². The summed E-state index contributed by atoms with van der Waals surface area (Å²) in [5.41, 5.74) is 0.593. The van der Waals surface area contributed by atoms with Crippen molar-refractivity contribution in [2.24, 2.45) is 23.2 Å². The molecule has 0 saturated heterocycles. The van der Waals surface area contributed by atoms with Gasteiger partial charge < -0.3 is 0 Å². The van der Waals surface area contributed by atoms with Crippen LogP contribution in [0.5, 0.6) is 0 Å². The van der Waals surface area contributed by atoms with E-state index < -0.39 is 0 Å². The quantitative estimate of drug-likeness (QED) is 0.356. The number of fused-ring (bicyclic) bond motifs is 2. The van der Waals surface area contributed by atoms with Crippen molar-refractivity contribution >= 4 is 0 Å². The van der Waals surface area contributed by atoms with Crippen LogP contribution in [0, 0.1) is 23.2 Å². The topological polar surface area (TPSA) is 0 Å². The van der Waals surface area contributed by atoms with E-state index in [1.54, 1.807) is 0 Å². The van der Waals surface area contributed by atoms with Crippen molar-refractivity contribution in [3.63, 3.8) is 0 Å². The Morgan fingerprint density at radius 3 is 2.68 bits per heavy atom. The second-order valence-electron chi connectivity index (χ2n) is 6.70. The molecule has 0 aromatic heterocycles. The summed E-state index contributed by atoms with van der Waals surface area (Å²) in [7, 11) is 0. The van der Waals surface area contributed by atoms with Crippen LogP contribution in [0.1, 0.15) is 58.3 Å². The molecule has 2 rings (SSSR count). The van der Waals surface area contributed by atoms with Gasteiger partial charge >= 0.3 is 0 Å². The second-order valence-corrected chi connectivity index (χ2v) is 6.70. The van der Waals surface area contributed by atoms with Crippen molar-refractivity contribution < 1.29 is 0 Å². The Morgan fingerprint density at radius 1 is 1.32 bits per heavy atom. The lowest BCUT2D eigenvalue weighted by Gasteiger charge is -2.38. The predicted octanol–water partition coefficient (Wildman–Crippen LogP) is 5.92. The lowest BCUT2D eigenvalue weighted by molar-refractivity contribution is 0.159. The Bertz CT molecular complexity index is 338. The highest BCUT2D eigenvalue weighted by Crippen LogP contribution is 2.58. The molecule has 0 aromatic carbocycles. The first kappa shape index (κ1) is 14.6. The average molecular weight is 258 g/mol. The zero-order valence-electron chi connectivity index (χ0n) is 12.6. The van der Waals surface area contributed by atoms with E-state index in [1.807, 2.05) is 0 Å². The molecule has 2 bridgehead atoms. The van der Waals surface area contributed by atoms with Crippen LogP contribution < -0.4 is 0 Å². The fourth-order valence-electron chi connectivity index (χ4n) is 4.36. The van der Waals surface area contributed by atoms with Crippen molar-refractivity contribution in [1.82, 2.24) is 0 Å². The van der Waals surface area contributed by atoms with Crippen LogP contribution in [0.2, 0.25) is 0 Å². The summed E-state index contributed by atoms with van der Waals surface area (Å²) < 4.78 is 0. The molecule has 0 nitrogen and oxygen atoms in total. The Balaban J connectivity index is 1.99. The summed E-state index contributed by atoms with van der Waals surface area (Å²) in [5.74, 6) is 2.45. The van der Waals surface area contributed by atoms with Crippen molar-refractivity contribution in [2.45, 2.75) is 58.3 Å². The van der Waals surface area contributed by atoms with Gasteiger partial charge in [-0.2, -0.15) is 0 Å². The molecular formula is C19H30. The van der Waals surface area contributed by atoms with Gasteiger partial charge in [0.15, 0.2) is 0 Å². The minimum Gasteiger partial charge on any atom is -0.103 e. The summed E-state index contributed by atoms with van der Waals surface area (Å²) in [4.78, 5) is 0. The largest absolute Gasteiger partial charge is 0.103 e. The van der Waals surface area contributed by atoms with Crippen molar-refractivity contribution in [3.05, 3.63) is 37.5 Å². The number of hydrogen-bond acceptors (Lipinski definition) is 0. The third-order valence-corrected chi connectivity index (χ3v) is 5.49. The monoisotopic (exact) mass is 258 g/mol. The van der Waals surface area contributed by atoms with Crippen molar-refractivity contribution in [2.75, 3.05) is 0 Å². The lowest BCUT2D eigenvalue weighted by atomic mass is 9.66. The minimum absolute atomic E-state index is 0.593. The van der Waals surface area contributed by atoms with E-state index in [0.29, 0.717) is 11.3 Å². The molecule has 0 amide bonds. The van der Waals surface area contributed by atoms with Gasteiger partial charge in [0.1, 0.15) is 0 Å². The van der Waals surface area contributed by atoms with Crippen molar-refractivity contribution in [1.29, 1.82) is 0 Å². The highest BCUT2D eigenvalue weighted by molar-refractivity contribution is 5.16. The Hall–Kier alpha value is -0.780. The molecule has 4 atom stereocenters. The fourth-order valence-corrected chi connectivity index (χ4v) is 4.36. The van der Waals surface area contributed by atoms with Crippen LogP contribution in [-0.2, 0) is 0 Å². The van der Waals surface area contributed by atoms with Crippen LogP contribution in [0.4, 0.5) is 0 Å². The zero-order chi connectivity index (χ0) is 13.7. The Kier molecular flexibility index (Phi) is 5.07. The van der Waals surface area contributed by atoms with Crippen LogP contribution in [0.15, 0.2) is 37.5 Å². The van der Waals surface area contributed by atoms with Gasteiger partial charge in [-0.3, -0.25) is 0 Å². The third kappa shape index (κ3) is 3.22. The first-order valence-electron chi connectivity index (χ1n) is 8.16. The number of allylic oxidation sites excluding steroid dienone is 4. The summed E-state index contributed by atoms with van der Waals surface area (Å²) in [6.07, 6.45) is 20.0. The molecule has 4 unspecified atom stereocenters. The third-order valence-electron chi connectivity index (χ3n) is 5.49. The predicted molar refractivity (Wildman–Crippen MR) is 85.0 cm³/mol. The van der Waals surface area contributed by atoms with E-state index >= 15 is 0 Å². The van der Waals surface area contributed by atoms with E-state index in [0.717, 1.165) is 11.8 Å². The maximum absolute atomic E-state index is 4.05. The van der Waals surface area contributed by atoms with Crippen LogP contribution >= 0.6 is 0 Å². The van der Waals surface area contributed by atoms with Gasteiger partial charge in [-0.05, 0) is 68.1 Å². The summed E-state index contributed by atoms with van der Waals surface area (Å²) in [5, 5.41) is 0. The van der Waals surface area contributed by atoms with E-state index in [4.69, 9.17) is 0 Å². The first-order chi connectivity index (χ1) is 9.24. The fraction of sp³-hybridized carbons (Fsp3) is 0.684. The maximum Gasteiger partial charge on any atom is -0.0171 e. The highest BCUT2D eigenvalue weighted by atomic mass is 14.5. The normalized spacial score (nSPS) is 33.5. The SMILES string of the molecule is C=CCCCCC1(CC(C=C)CC)CC2C=CC1C2. The smallest absolute Gasteiger partial charge is 0.0171 e. The molecule has 0 heteroatoms. The summed E-state index contributed by atoms with van der Waals surface area (Å²) >= 11 is 0. The number of hydrogen-bond donors (Lipinski definition) is 0. The van der Waals surface area contributed by atoms with Crippen molar-refractivity contribution in [3.8, 4) is 0 Å². The van der Waals surface area contributed by atoms with E-state index in [9.17, 15) is 0 Å². The van der Waals surface area contributed by atoms with Crippen LogP contribution in [0.3, 0.4) is 0 Å². The van der Waals surface area contributed by atoms with E-state index in [2.05, 4.69) is 44.4 Å². The molecule has 106 valence electrons. The van der Waals surface area contributed by atoms with Gasteiger partial charge in [0.2, 0.25) is 0 Å². The molecule has 0 heterocycles. The second kappa shape index (κ2) is 6.59. The molecule has 2 aliphatic rings. The number of rotatable bonds is 9. The minimum atomic E-state index is 0.593. The molecule has 0 aromatic rings. The van der Waals surface area contributed by atoms with E-state index in [-0.39, 0.29) is 0 Å².